The van der Waals surface area contributed by atoms with Crippen LogP contribution in [0.1, 0.15) is 22.5 Å². The quantitative estimate of drug-likeness (QED) is 0.732. The van der Waals surface area contributed by atoms with Crippen molar-refractivity contribution in [2.24, 2.45) is 0 Å². The van der Waals surface area contributed by atoms with Gasteiger partial charge >= 0.3 is 5.97 Å². The van der Waals surface area contributed by atoms with Gasteiger partial charge in [0.1, 0.15) is 5.75 Å². The Morgan fingerprint density at radius 3 is 2.75 bits per heavy atom. The lowest BCUT2D eigenvalue weighted by Gasteiger charge is -2.10. The average molecular weight is 221 g/mol. The van der Waals surface area contributed by atoms with E-state index in [4.69, 9.17) is 11.5 Å². The van der Waals surface area contributed by atoms with Crippen LogP contribution in [0, 0.1) is 19.3 Å². The van der Waals surface area contributed by atoms with Gasteiger partial charge in [-0.15, -0.1) is 12.3 Å². The summed E-state index contributed by atoms with van der Waals surface area (Å²) in [6.45, 7) is 1.84. The largest absolute Gasteiger partial charge is 0.507 e. The van der Waals surface area contributed by atoms with Crippen molar-refractivity contribution in [2.45, 2.75) is 19.9 Å². The molecule has 0 spiro atoms. The summed E-state index contributed by atoms with van der Waals surface area (Å²) in [5, 5.41) is 18.1. The molecule has 5 heteroatoms. The van der Waals surface area contributed by atoms with Gasteiger partial charge in [-0.2, -0.15) is 0 Å². The lowest BCUT2D eigenvalue weighted by molar-refractivity contribution is 0.0691. The zero-order chi connectivity index (χ0) is 12.3. The van der Waals surface area contributed by atoms with Gasteiger partial charge in [0.2, 0.25) is 0 Å². The second-order valence-electron chi connectivity index (χ2n) is 3.26. The number of terminal acetylenes is 1. The summed E-state index contributed by atoms with van der Waals surface area (Å²) in [4.78, 5) is 22.5. The van der Waals surface area contributed by atoms with E-state index in [1.165, 1.54) is 10.6 Å². The van der Waals surface area contributed by atoms with Gasteiger partial charge in [0, 0.05) is 24.7 Å². The summed E-state index contributed by atoms with van der Waals surface area (Å²) in [5.74, 6) is 0.396. The lowest BCUT2D eigenvalue weighted by Crippen LogP contribution is -2.28. The second kappa shape index (κ2) is 4.53. The summed E-state index contributed by atoms with van der Waals surface area (Å²) in [6.07, 6.45) is 5.40. The zero-order valence-electron chi connectivity index (χ0n) is 8.73. The van der Waals surface area contributed by atoms with Crippen molar-refractivity contribution in [3.05, 3.63) is 27.7 Å². The van der Waals surface area contributed by atoms with E-state index in [0.717, 1.165) is 0 Å². The van der Waals surface area contributed by atoms with E-state index in [0.29, 0.717) is 12.1 Å². The first-order valence-corrected chi connectivity index (χ1v) is 4.59. The summed E-state index contributed by atoms with van der Waals surface area (Å²) in [7, 11) is 0. The van der Waals surface area contributed by atoms with E-state index in [2.05, 4.69) is 5.92 Å². The van der Waals surface area contributed by atoms with Crippen LogP contribution >= 0.6 is 0 Å². The van der Waals surface area contributed by atoms with Gasteiger partial charge in [-0.05, 0) is 6.92 Å². The number of carbonyl (C=O) groups is 1. The van der Waals surface area contributed by atoms with Gasteiger partial charge in [-0.25, -0.2) is 4.79 Å². The second-order valence-corrected chi connectivity index (χ2v) is 3.26. The number of carboxylic acids is 1. The van der Waals surface area contributed by atoms with Crippen LogP contribution in [0.5, 0.6) is 5.75 Å². The van der Waals surface area contributed by atoms with Gasteiger partial charge < -0.3 is 14.8 Å². The molecule has 2 N–H and O–H groups in total. The van der Waals surface area contributed by atoms with Gasteiger partial charge in [0.15, 0.2) is 5.56 Å². The Balaban J connectivity index is 3.41. The van der Waals surface area contributed by atoms with Gasteiger partial charge in [-0.3, -0.25) is 4.79 Å². The number of aromatic carboxylic acids is 1. The molecular weight excluding hydrogens is 210 g/mol. The van der Waals surface area contributed by atoms with E-state index in [-0.39, 0.29) is 6.54 Å². The van der Waals surface area contributed by atoms with Crippen molar-refractivity contribution in [3.63, 3.8) is 0 Å². The Labute approximate surface area is 92.0 Å². The Bertz CT molecular complexity index is 522. The van der Waals surface area contributed by atoms with Crippen molar-refractivity contribution in [3.8, 4) is 18.1 Å². The summed E-state index contributed by atoms with van der Waals surface area (Å²) >= 11 is 0. The number of aromatic nitrogens is 1. The first-order valence-electron chi connectivity index (χ1n) is 4.59. The monoisotopic (exact) mass is 221 g/mol. The highest BCUT2D eigenvalue weighted by molar-refractivity contribution is 5.90. The number of rotatable bonds is 3. The fourth-order valence-electron chi connectivity index (χ4n) is 1.41. The minimum Gasteiger partial charge on any atom is -0.507 e. The summed E-state index contributed by atoms with van der Waals surface area (Å²) in [5.41, 5.74) is -0.884. The molecule has 0 aliphatic rings. The third-order valence-corrected chi connectivity index (χ3v) is 2.18. The van der Waals surface area contributed by atoms with E-state index >= 15 is 0 Å². The van der Waals surface area contributed by atoms with Crippen molar-refractivity contribution in [1.82, 2.24) is 4.57 Å². The molecule has 0 aliphatic carbocycles. The first kappa shape index (κ1) is 11.9. The number of aryl methyl sites for hydroxylation is 1. The number of hydrogen-bond acceptors (Lipinski definition) is 3. The maximum Gasteiger partial charge on any atom is 0.345 e. The van der Waals surface area contributed by atoms with Crippen LogP contribution in [0.25, 0.3) is 0 Å². The molecule has 16 heavy (non-hydrogen) atoms. The van der Waals surface area contributed by atoms with E-state index in [9.17, 15) is 14.7 Å². The zero-order valence-corrected chi connectivity index (χ0v) is 8.73. The van der Waals surface area contributed by atoms with Crippen molar-refractivity contribution in [2.75, 3.05) is 0 Å². The van der Waals surface area contributed by atoms with Crippen LogP contribution in [0.15, 0.2) is 10.9 Å². The molecule has 1 aromatic rings. The molecule has 0 bridgehead atoms. The van der Waals surface area contributed by atoms with E-state index in [1.807, 2.05) is 0 Å². The number of nitrogens with zero attached hydrogens (tertiary/aromatic N) is 1. The van der Waals surface area contributed by atoms with Crippen LogP contribution in [0.2, 0.25) is 0 Å². The molecule has 1 rings (SSSR count). The van der Waals surface area contributed by atoms with E-state index < -0.39 is 22.8 Å². The third-order valence-electron chi connectivity index (χ3n) is 2.18. The topological polar surface area (TPSA) is 79.5 Å². The Hall–Kier alpha value is -2.22. The molecule has 0 aromatic carbocycles. The molecule has 0 fully saturated rings. The van der Waals surface area contributed by atoms with Gasteiger partial charge in [-0.1, -0.05) is 0 Å². The SMILES string of the molecule is C#CCCn1c(C)cc(O)c(C(=O)O)c1=O. The maximum absolute atomic E-state index is 11.7. The highest BCUT2D eigenvalue weighted by Gasteiger charge is 2.18. The maximum atomic E-state index is 11.7. The standard InChI is InChI=1S/C11H11NO4/c1-3-4-5-12-7(2)6-8(13)9(10(12)14)11(15)16/h1,6,13H,4-5H2,2H3,(H,15,16). The van der Waals surface area contributed by atoms with Gasteiger partial charge in [0.25, 0.3) is 5.56 Å². The van der Waals surface area contributed by atoms with Crippen LogP contribution in [-0.2, 0) is 6.54 Å². The average Bonchev–Trinajstić information content (AvgIpc) is 2.16. The number of carboxylic acid groups (broad SMARTS) is 1. The van der Waals surface area contributed by atoms with Crippen molar-refractivity contribution < 1.29 is 15.0 Å². The summed E-state index contributed by atoms with van der Waals surface area (Å²) < 4.78 is 1.24. The highest BCUT2D eigenvalue weighted by atomic mass is 16.4. The normalized spacial score (nSPS) is 9.75. The molecule has 84 valence electrons. The fourth-order valence-corrected chi connectivity index (χ4v) is 1.41. The van der Waals surface area contributed by atoms with Crippen LogP contribution in [0.4, 0.5) is 0 Å². The molecule has 1 heterocycles. The fraction of sp³-hybridized carbons (Fsp3) is 0.273. The predicted octanol–water partition coefficient (Wildman–Crippen LogP) is 0.584. The lowest BCUT2D eigenvalue weighted by atomic mass is 10.2. The van der Waals surface area contributed by atoms with Crippen LogP contribution in [0.3, 0.4) is 0 Å². The molecular formula is C11H11NO4. The summed E-state index contributed by atoms with van der Waals surface area (Å²) in [6, 6.07) is 1.24. The molecule has 0 radical (unpaired) electrons. The molecule has 1 aromatic heterocycles. The number of aromatic hydroxyl groups is 1. The number of pyridine rings is 1. The molecule has 0 unspecified atom stereocenters. The first-order chi connectivity index (χ1) is 7.49. The molecule has 0 aliphatic heterocycles. The predicted molar refractivity (Wildman–Crippen MR) is 57.5 cm³/mol. The third kappa shape index (κ3) is 2.06. The minimum atomic E-state index is -1.45. The molecule has 5 nitrogen and oxygen atoms in total. The highest BCUT2D eigenvalue weighted by Crippen LogP contribution is 2.14. The molecule has 0 amide bonds. The Kier molecular flexibility index (Phi) is 3.36. The molecule has 0 atom stereocenters. The van der Waals surface area contributed by atoms with Gasteiger partial charge in [0.05, 0.1) is 0 Å². The van der Waals surface area contributed by atoms with E-state index in [1.54, 1.807) is 6.92 Å². The molecule has 0 saturated carbocycles. The van der Waals surface area contributed by atoms with Crippen molar-refractivity contribution >= 4 is 5.97 Å². The smallest absolute Gasteiger partial charge is 0.345 e. The Morgan fingerprint density at radius 2 is 2.25 bits per heavy atom. The minimum absolute atomic E-state index is 0.238. The molecule has 0 saturated heterocycles. The Morgan fingerprint density at radius 1 is 1.62 bits per heavy atom. The van der Waals surface area contributed by atoms with Crippen molar-refractivity contribution in [1.29, 1.82) is 0 Å². The number of hydrogen-bond donors (Lipinski definition) is 2. The van der Waals surface area contributed by atoms with Crippen LogP contribution < -0.4 is 5.56 Å². The van der Waals surface area contributed by atoms with Crippen LogP contribution in [-0.4, -0.2) is 20.7 Å².